The van der Waals surface area contributed by atoms with Crippen molar-refractivity contribution in [3.63, 3.8) is 0 Å². The van der Waals surface area contributed by atoms with E-state index in [1.807, 2.05) is 0 Å². The SMILES string of the molecule is CC1(C)COC(Cn2cc(-c3ncc(C#N)cc3OC3CC3)nn2)OC1. The first-order valence-electron chi connectivity index (χ1n) is 8.73. The Balaban J connectivity index is 1.50. The summed E-state index contributed by atoms with van der Waals surface area (Å²) in [6.45, 7) is 5.97. The molecular formula is C18H21N5O3. The predicted octanol–water partition coefficient (Wildman–Crippen LogP) is 2.15. The molecule has 1 aliphatic heterocycles. The van der Waals surface area contributed by atoms with Crippen LogP contribution in [0.15, 0.2) is 18.5 Å². The summed E-state index contributed by atoms with van der Waals surface area (Å²) in [6, 6.07) is 3.79. The number of hydrogen-bond acceptors (Lipinski definition) is 7. The molecule has 2 aromatic heterocycles. The molecule has 2 fully saturated rings. The third kappa shape index (κ3) is 3.84. The second-order valence-corrected chi connectivity index (χ2v) is 7.54. The molecule has 4 rings (SSSR count). The minimum absolute atomic E-state index is 0.0332. The molecule has 0 aromatic carbocycles. The van der Waals surface area contributed by atoms with E-state index in [0.717, 1.165) is 12.8 Å². The van der Waals surface area contributed by atoms with Crippen molar-refractivity contribution >= 4 is 0 Å². The van der Waals surface area contributed by atoms with Crippen molar-refractivity contribution in [2.75, 3.05) is 13.2 Å². The van der Waals surface area contributed by atoms with Gasteiger partial charge in [0.05, 0.1) is 37.6 Å². The summed E-state index contributed by atoms with van der Waals surface area (Å²) in [7, 11) is 0. The van der Waals surface area contributed by atoms with Gasteiger partial charge in [-0.15, -0.1) is 5.10 Å². The van der Waals surface area contributed by atoms with Crippen LogP contribution in [-0.4, -0.2) is 45.6 Å². The molecule has 0 radical (unpaired) electrons. The monoisotopic (exact) mass is 355 g/mol. The van der Waals surface area contributed by atoms with Crippen LogP contribution in [0.3, 0.4) is 0 Å². The Morgan fingerprint density at radius 1 is 1.35 bits per heavy atom. The third-order valence-corrected chi connectivity index (χ3v) is 4.24. The van der Waals surface area contributed by atoms with Gasteiger partial charge in [0, 0.05) is 17.7 Å². The van der Waals surface area contributed by atoms with Crippen LogP contribution in [0.4, 0.5) is 0 Å². The summed E-state index contributed by atoms with van der Waals surface area (Å²) in [4.78, 5) is 4.35. The van der Waals surface area contributed by atoms with E-state index in [-0.39, 0.29) is 17.8 Å². The number of pyridine rings is 1. The second kappa shape index (κ2) is 6.67. The molecule has 2 aromatic rings. The quantitative estimate of drug-likeness (QED) is 0.811. The van der Waals surface area contributed by atoms with Crippen LogP contribution < -0.4 is 4.74 Å². The molecule has 0 unspecified atom stereocenters. The number of nitrogens with zero attached hydrogens (tertiary/aromatic N) is 5. The summed E-state index contributed by atoms with van der Waals surface area (Å²) in [5.74, 6) is 0.575. The Hall–Kier alpha value is -2.50. The number of aromatic nitrogens is 4. The van der Waals surface area contributed by atoms with E-state index < -0.39 is 0 Å². The van der Waals surface area contributed by atoms with Gasteiger partial charge in [0.2, 0.25) is 0 Å². The molecule has 0 N–H and O–H groups in total. The summed E-state index contributed by atoms with van der Waals surface area (Å²) in [6.07, 6.45) is 5.22. The van der Waals surface area contributed by atoms with Crippen molar-refractivity contribution in [1.82, 2.24) is 20.0 Å². The first-order valence-corrected chi connectivity index (χ1v) is 8.73. The summed E-state index contributed by atoms with van der Waals surface area (Å²) in [5.41, 5.74) is 1.68. The standard InChI is InChI=1S/C18H21N5O3/c1-18(2)10-24-16(25-11-18)9-23-8-14(21-22-23)17-15(26-13-3-4-13)5-12(6-19)7-20-17/h5,7-8,13,16H,3-4,9-11H2,1-2H3. The highest BCUT2D eigenvalue weighted by atomic mass is 16.7. The fourth-order valence-electron chi connectivity index (χ4n) is 2.63. The van der Waals surface area contributed by atoms with Crippen LogP contribution in [0.25, 0.3) is 11.4 Å². The minimum atomic E-state index is -0.339. The molecule has 0 amide bonds. The first kappa shape index (κ1) is 16.9. The molecule has 8 nitrogen and oxygen atoms in total. The van der Waals surface area contributed by atoms with Crippen molar-refractivity contribution < 1.29 is 14.2 Å². The van der Waals surface area contributed by atoms with Gasteiger partial charge >= 0.3 is 0 Å². The van der Waals surface area contributed by atoms with Crippen LogP contribution in [0.5, 0.6) is 5.75 Å². The fourth-order valence-corrected chi connectivity index (χ4v) is 2.63. The van der Waals surface area contributed by atoms with Crippen molar-refractivity contribution in [1.29, 1.82) is 5.26 Å². The van der Waals surface area contributed by atoms with E-state index in [1.54, 1.807) is 16.9 Å². The average Bonchev–Trinajstić information content (AvgIpc) is 3.32. The molecule has 1 aliphatic carbocycles. The summed E-state index contributed by atoms with van der Waals surface area (Å²) >= 11 is 0. The zero-order valence-electron chi connectivity index (χ0n) is 14.9. The maximum absolute atomic E-state index is 9.09. The van der Waals surface area contributed by atoms with E-state index >= 15 is 0 Å². The van der Waals surface area contributed by atoms with Crippen LogP contribution >= 0.6 is 0 Å². The lowest BCUT2D eigenvalue weighted by Gasteiger charge is -2.34. The van der Waals surface area contributed by atoms with Gasteiger partial charge in [0.1, 0.15) is 23.2 Å². The van der Waals surface area contributed by atoms with Gasteiger partial charge in [-0.25, -0.2) is 9.67 Å². The largest absolute Gasteiger partial charge is 0.488 e. The lowest BCUT2D eigenvalue weighted by atomic mass is 9.96. The maximum atomic E-state index is 9.09. The molecule has 2 aliphatic rings. The van der Waals surface area contributed by atoms with Gasteiger partial charge in [-0.1, -0.05) is 19.1 Å². The van der Waals surface area contributed by atoms with Crippen LogP contribution in [0, 0.1) is 16.7 Å². The van der Waals surface area contributed by atoms with Gasteiger partial charge < -0.3 is 14.2 Å². The van der Waals surface area contributed by atoms with Crippen molar-refractivity contribution in [3.8, 4) is 23.2 Å². The lowest BCUT2D eigenvalue weighted by molar-refractivity contribution is -0.227. The Labute approximate surface area is 151 Å². The molecule has 8 heteroatoms. The van der Waals surface area contributed by atoms with E-state index in [9.17, 15) is 0 Å². The van der Waals surface area contributed by atoms with Crippen molar-refractivity contribution in [2.24, 2.45) is 5.41 Å². The molecule has 3 heterocycles. The van der Waals surface area contributed by atoms with Crippen molar-refractivity contribution in [2.45, 2.75) is 45.6 Å². The first-order chi connectivity index (χ1) is 12.5. The third-order valence-electron chi connectivity index (χ3n) is 4.24. The molecule has 26 heavy (non-hydrogen) atoms. The van der Waals surface area contributed by atoms with E-state index in [1.165, 1.54) is 6.20 Å². The number of ether oxygens (including phenoxy) is 3. The van der Waals surface area contributed by atoms with Crippen molar-refractivity contribution in [3.05, 3.63) is 24.0 Å². The smallest absolute Gasteiger partial charge is 0.177 e. The lowest BCUT2D eigenvalue weighted by Crippen LogP contribution is -2.39. The predicted molar refractivity (Wildman–Crippen MR) is 91.1 cm³/mol. The molecule has 0 atom stereocenters. The molecule has 0 spiro atoms. The summed E-state index contributed by atoms with van der Waals surface area (Å²) in [5, 5.41) is 17.4. The molecule has 136 valence electrons. The second-order valence-electron chi connectivity index (χ2n) is 7.54. The van der Waals surface area contributed by atoms with Crippen LogP contribution in [-0.2, 0) is 16.0 Å². The topological polar surface area (TPSA) is 95.1 Å². The number of nitriles is 1. The van der Waals surface area contributed by atoms with Gasteiger partial charge in [0.15, 0.2) is 6.29 Å². The highest BCUT2D eigenvalue weighted by molar-refractivity contribution is 5.62. The highest BCUT2D eigenvalue weighted by Crippen LogP contribution is 2.33. The maximum Gasteiger partial charge on any atom is 0.177 e. The average molecular weight is 355 g/mol. The van der Waals surface area contributed by atoms with Gasteiger partial charge in [-0.3, -0.25) is 0 Å². The van der Waals surface area contributed by atoms with Gasteiger partial charge in [-0.2, -0.15) is 5.26 Å². The Kier molecular flexibility index (Phi) is 4.34. The zero-order chi connectivity index (χ0) is 18.1. The number of hydrogen-bond donors (Lipinski definition) is 0. The zero-order valence-corrected chi connectivity index (χ0v) is 14.9. The highest BCUT2D eigenvalue weighted by Gasteiger charge is 2.29. The normalized spacial score (nSPS) is 19.9. The molecular weight excluding hydrogens is 334 g/mol. The van der Waals surface area contributed by atoms with E-state index in [4.69, 9.17) is 19.5 Å². The Morgan fingerprint density at radius 3 is 2.81 bits per heavy atom. The Morgan fingerprint density at radius 2 is 2.12 bits per heavy atom. The van der Waals surface area contributed by atoms with Gasteiger partial charge in [-0.05, 0) is 12.8 Å². The van der Waals surface area contributed by atoms with Crippen LogP contribution in [0.2, 0.25) is 0 Å². The van der Waals surface area contributed by atoms with E-state index in [2.05, 4.69) is 35.2 Å². The molecule has 1 saturated heterocycles. The molecule has 1 saturated carbocycles. The van der Waals surface area contributed by atoms with E-state index in [0.29, 0.717) is 42.5 Å². The minimum Gasteiger partial charge on any atom is -0.488 e. The summed E-state index contributed by atoms with van der Waals surface area (Å²) < 4.78 is 19.1. The Bertz CT molecular complexity index is 828. The number of rotatable bonds is 5. The fraction of sp³-hybridized carbons (Fsp3) is 0.556. The molecule has 0 bridgehead atoms. The van der Waals surface area contributed by atoms with Crippen LogP contribution in [0.1, 0.15) is 32.3 Å². The van der Waals surface area contributed by atoms with Gasteiger partial charge in [0.25, 0.3) is 0 Å².